The van der Waals surface area contributed by atoms with E-state index >= 15 is 0 Å². The molecule has 2 atom stereocenters. The van der Waals surface area contributed by atoms with Crippen LogP contribution in [0.15, 0.2) is 0 Å². The fourth-order valence-corrected chi connectivity index (χ4v) is 1.13. The first kappa shape index (κ1) is 13.3. The molecule has 84 valence electrons. The van der Waals surface area contributed by atoms with E-state index in [-0.39, 0.29) is 12.1 Å². The summed E-state index contributed by atoms with van der Waals surface area (Å²) in [6, 6.07) is 0.216. The van der Waals surface area contributed by atoms with E-state index in [1.807, 2.05) is 6.92 Å². The molecular formula is C11H24N2O. The Balaban J connectivity index is 3.60. The molecule has 0 aromatic rings. The molecule has 0 heterocycles. The molecule has 0 saturated heterocycles. The number of amides is 2. The third-order valence-corrected chi connectivity index (χ3v) is 2.67. The van der Waals surface area contributed by atoms with Crippen LogP contribution in [-0.4, -0.2) is 18.6 Å². The van der Waals surface area contributed by atoms with Gasteiger partial charge in [0.25, 0.3) is 0 Å². The molecule has 0 aromatic carbocycles. The van der Waals surface area contributed by atoms with Crippen LogP contribution >= 0.6 is 0 Å². The zero-order chi connectivity index (χ0) is 11.0. The van der Waals surface area contributed by atoms with Crippen molar-refractivity contribution in [2.45, 2.75) is 53.0 Å². The first-order valence-corrected chi connectivity index (χ1v) is 5.66. The lowest BCUT2D eigenvalue weighted by atomic mass is 10.0. The van der Waals surface area contributed by atoms with Crippen LogP contribution in [0.1, 0.15) is 47.0 Å². The van der Waals surface area contributed by atoms with Gasteiger partial charge in [0.15, 0.2) is 0 Å². The maximum absolute atomic E-state index is 11.3. The molecule has 0 aliphatic heterocycles. The Morgan fingerprint density at radius 2 is 1.93 bits per heavy atom. The summed E-state index contributed by atoms with van der Waals surface area (Å²) in [5.74, 6) is 0.534. The van der Waals surface area contributed by atoms with E-state index in [2.05, 4.69) is 31.4 Å². The van der Waals surface area contributed by atoms with Gasteiger partial charge in [0.05, 0.1) is 0 Å². The molecule has 0 spiro atoms. The molecule has 0 fully saturated rings. The molecule has 0 rings (SSSR count). The molecule has 2 N–H and O–H groups in total. The zero-order valence-electron chi connectivity index (χ0n) is 9.89. The van der Waals surface area contributed by atoms with Crippen LogP contribution in [0.2, 0.25) is 0 Å². The van der Waals surface area contributed by atoms with Gasteiger partial charge < -0.3 is 10.6 Å². The number of carbonyl (C=O) groups excluding carboxylic acids is 1. The van der Waals surface area contributed by atoms with Crippen molar-refractivity contribution in [2.24, 2.45) is 5.92 Å². The lowest BCUT2D eigenvalue weighted by molar-refractivity contribution is 0.233. The Labute approximate surface area is 87.6 Å². The van der Waals surface area contributed by atoms with Gasteiger partial charge in [-0.3, -0.25) is 0 Å². The van der Waals surface area contributed by atoms with Gasteiger partial charge in [-0.2, -0.15) is 0 Å². The van der Waals surface area contributed by atoms with Gasteiger partial charge in [-0.15, -0.1) is 0 Å². The third-order valence-electron chi connectivity index (χ3n) is 2.67. The molecule has 14 heavy (non-hydrogen) atoms. The highest BCUT2D eigenvalue weighted by Gasteiger charge is 2.11. The van der Waals surface area contributed by atoms with Crippen molar-refractivity contribution < 1.29 is 4.79 Å². The molecule has 3 heteroatoms. The van der Waals surface area contributed by atoms with E-state index in [0.29, 0.717) is 5.92 Å². The third kappa shape index (κ3) is 5.84. The first-order valence-electron chi connectivity index (χ1n) is 5.66. The average Bonchev–Trinajstić information content (AvgIpc) is 2.16. The van der Waals surface area contributed by atoms with Crippen molar-refractivity contribution in [3.05, 3.63) is 0 Å². The van der Waals surface area contributed by atoms with Crippen molar-refractivity contribution in [1.29, 1.82) is 0 Å². The number of hydrogen-bond donors (Lipinski definition) is 2. The van der Waals surface area contributed by atoms with Crippen molar-refractivity contribution in [1.82, 2.24) is 10.6 Å². The van der Waals surface area contributed by atoms with Crippen LogP contribution < -0.4 is 10.6 Å². The first-order chi connectivity index (χ1) is 6.61. The summed E-state index contributed by atoms with van der Waals surface area (Å²) in [7, 11) is 0. The van der Waals surface area contributed by atoms with Gasteiger partial charge in [0.1, 0.15) is 0 Å². The normalized spacial score (nSPS) is 14.6. The van der Waals surface area contributed by atoms with Crippen LogP contribution in [-0.2, 0) is 0 Å². The summed E-state index contributed by atoms with van der Waals surface area (Å²) in [5, 5.41) is 5.78. The van der Waals surface area contributed by atoms with E-state index in [9.17, 15) is 4.79 Å². The highest BCUT2D eigenvalue weighted by atomic mass is 16.2. The molecule has 2 amide bonds. The molecule has 0 aliphatic carbocycles. The second-order valence-electron chi connectivity index (χ2n) is 3.93. The van der Waals surface area contributed by atoms with Gasteiger partial charge in [0.2, 0.25) is 0 Å². The number of unbranched alkanes of at least 4 members (excludes halogenated alkanes) is 1. The minimum absolute atomic E-state index is 0.0359. The Bertz CT molecular complexity index is 159. The van der Waals surface area contributed by atoms with Gasteiger partial charge >= 0.3 is 6.03 Å². The summed E-state index contributed by atoms with van der Waals surface area (Å²) in [6.07, 6.45) is 3.25. The molecule has 0 aliphatic rings. The number of hydrogen-bond acceptors (Lipinski definition) is 1. The van der Waals surface area contributed by atoms with Crippen LogP contribution in [0.5, 0.6) is 0 Å². The lowest BCUT2D eigenvalue weighted by Crippen LogP contribution is -2.43. The number of rotatable bonds is 6. The quantitative estimate of drug-likeness (QED) is 0.636. The monoisotopic (exact) mass is 200 g/mol. The molecule has 0 aromatic heterocycles. The highest BCUT2D eigenvalue weighted by Crippen LogP contribution is 2.05. The van der Waals surface area contributed by atoms with E-state index in [4.69, 9.17) is 0 Å². The lowest BCUT2D eigenvalue weighted by Gasteiger charge is -2.20. The standard InChI is InChI=1S/C11H24N2O/c1-5-7-8-12-11(14)13-10(4)9(3)6-2/h9-10H,5-8H2,1-4H3,(H2,12,13,14). The smallest absolute Gasteiger partial charge is 0.315 e. The second kappa shape index (κ2) is 7.65. The van der Waals surface area contributed by atoms with Gasteiger partial charge in [-0.05, 0) is 19.3 Å². The summed E-state index contributed by atoms with van der Waals surface area (Å²) in [6.45, 7) is 9.22. The van der Waals surface area contributed by atoms with Gasteiger partial charge in [-0.25, -0.2) is 4.79 Å². The molecule has 2 unspecified atom stereocenters. The summed E-state index contributed by atoms with van der Waals surface area (Å²) >= 11 is 0. The van der Waals surface area contributed by atoms with Crippen molar-refractivity contribution in [3.8, 4) is 0 Å². The molecule has 0 saturated carbocycles. The molecule has 3 nitrogen and oxygen atoms in total. The number of carbonyl (C=O) groups is 1. The molecule has 0 radical (unpaired) electrons. The van der Waals surface area contributed by atoms with Gasteiger partial charge in [0, 0.05) is 12.6 Å². The Morgan fingerprint density at radius 3 is 2.43 bits per heavy atom. The van der Waals surface area contributed by atoms with Crippen LogP contribution in [0, 0.1) is 5.92 Å². The largest absolute Gasteiger partial charge is 0.338 e. The van der Waals surface area contributed by atoms with E-state index in [1.54, 1.807) is 0 Å². The van der Waals surface area contributed by atoms with Crippen LogP contribution in [0.4, 0.5) is 4.79 Å². The Morgan fingerprint density at radius 1 is 1.29 bits per heavy atom. The minimum Gasteiger partial charge on any atom is -0.338 e. The fraction of sp³-hybridized carbons (Fsp3) is 0.909. The minimum atomic E-state index is -0.0359. The van der Waals surface area contributed by atoms with E-state index in [0.717, 1.165) is 25.8 Å². The SMILES string of the molecule is CCCCNC(=O)NC(C)C(C)CC. The van der Waals surface area contributed by atoms with Crippen molar-refractivity contribution in [2.75, 3.05) is 6.54 Å². The molecular weight excluding hydrogens is 176 g/mol. The van der Waals surface area contributed by atoms with E-state index in [1.165, 1.54) is 0 Å². The fourth-order valence-electron chi connectivity index (χ4n) is 1.13. The summed E-state index contributed by atoms with van der Waals surface area (Å²) < 4.78 is 0. The Kier molecular flexibility index (Phi) is 7.25. The van der Waals surface area contributed by atoms with E-state index < -0.39 is 0 Å². The number of urea groups is 1. The topological polar surface area (TPSA) is 41.1 Å². The predicted molar refractivity (Wildman–Crippen MR) is 60.4 cm³/mol. The van der Waals surface area contributed by atoms with Crippen LogP contribution in [0.3, 0.4) is 0 Å². The molecule has 0 bridgehead atoms. The summed E-state index contributed by atoms with van der Waals surface area (Å²) in [5.41, 5.74) is 0. The van der Waals surface area contributed by atoms with Gasteiger partial charge in [-0.1, -0.05) is 33.6 Å². The van der Waals surface area contributed by atoms with Crippen LogP contribution in [0.25, 0.3) is 0 Å². The van der Waals surface area contributed by atoms with Crippen molar-refractivity contribution in [3.63, 3.8) is 0 Å². The second-order valence-corrected chi connectivity index (χ2v) is 3.93. The maximum Gasteiger partial charge on any atom is 0.315 e. The summed E-state index contributed by atoms with van der Waals surface area (Å²) in [4.78, 5) is 11.3. The average molecular weight is 200 g/mol. The number of nitrogens with one attached hydrogen (secondary N) is 2. The Hall–Kier alpha value is -0.730. The van der Waals surface area contributed by atoms with Crippen molar-refractivity contribution >= 4 is 6.03 Å². The zero-order valence-corrected chi connectivity index (χ0v) is 9.89. The predicted octanol–water partition coefficient (Wildman–Crippen LogP) is 2.52. The maximum atomic E-state index is 11.3. The highest BCUT2D eigenvalue weighted by molar-refractivity contribution is 5.74.